The third kappa shape index (κ3) is 3.85. The highest BCUT2D eigenvalue weighted by Gasteiger charge is 2.36. The molecule has 0 bridgehead atoms. The first kappa shape index (κ1) is 19.5. The molecule has 0 aliphatic carbocycles. The van der Waals surface area contributed by atoms with E-state index in [9.17, 15) is 9.59 Å². The Balaban J connectivity index is 1.53. The highest BCUT2D eigenvalue weighted by Crippen LogP contribution is 2.44. The number of hydrogen-bond acceptors (Lipinski definition) is 4. The number of carbonyl (C=O) groups is 2. The van der Waals surface area contributed by atoms with E-state index in [4.69, 9.17) is 9.84 Å². The molecule has 2 aromatic carbocycles. The number of piperidine rings is 1. The minimum atomic E-state index is -0.805. The van der Waals surface area contributed by atoms with Gasteiger partial charge in [0.15, 0.2) is 0 Å². The van der Waals surface area contributed by atoms with Gasteiger partial charge in [-0.25, -0.2) is 0 Å². The highest BCUT2D eigenvalue weighted by atomic mass is 16.5. The second-order valence-corrected chi connectivity index (χ2v) is 7.62. The quantitative estimate of drug-likeness (QED) is 0.842. The van der Waals surface area contributed by atoms with Crippen molar-refractivity contribution in [1.29, 1.82) is 0 Å². The average Bonchev–Trinajstić information content (AvgIpc) is 2.75. The van der Waals surface area contributed by atoms with E-state index >= 15 is 0 Å². The smallest absolute Gasteiger partial charge is 0.317 e. The van der Waals surface area contributed by atoms with Crippen LogP contribution in [0.25, 0.3) is 0 Å². The molecule has 0 saturated carbocycles. The number of para-hydroxylation sites is 2. The molecule has 1 amide bonds. The number of hydrogen-bond donors (Lipinski definition) is 1. The number of likely N-dealkylation sites (tertiary alicyclic amines) is 1. The predicted molar refractivity (Wildman–Crippen MR) is 109 cm³/mol. The second kappa shape index (κ2) is 8.25. The lowest BCUT2D eigenvalue weighted by Crippen LogP contribution is -2.49. The number of aliphatic carboxylic acids is 1. The molecule has 1 fully saturated rings. The second-order valence-electron chi connectivity index (χ2n) is 7.62. The molecule has 2 aliphatic rings. The fraction of sp³-hybridized carbons (Fsp3) is 0.391. The van der Waals surface area contributed by atoms with Crippen molar-refractivity contribution < 1.29 is 19.4 Å². The maximum absolute atomic E-state index is 13.6. The molecule has 152 valence electrons. The molecule has 0 atom stereocenters. The maximum Gasteiger partial charge on any atom is 0.317 e. The molecular weight excluding hydrogens is 368 g/mol. The van der Waals surface area contributed by atoms with Crippen molar-refractivity contribution in [3.05, 3.63) is 59.7 Å². The lowest BCUT2D eigenvalue weighted by atomic mass is 9.86. The van der Waals surface area contributed by atoms with Crippen LogP contribution in [-0.4, -0.2) is 59.0 Å². The number of likely N-dealkylation sites (N-methyl/N-ethyl adjacent to an activating group) is 1. The minimum Gasteiger partial charge on any atom is -0.480 e. The Morgan fingerprint density at radius 3 is 2.10 bits per heavy atom. The number of ether oxygens (including phenoxy) is 1. The molecular formula is C23H26N2O4. The summed E-state index contributed by atoms with van der Waals surface area (Å²) in [5.74, 6) is 0.388. The predicted octanol–water partition coefficient (Wildman–Crippen LogP) is 3.32. The molecule has 6 heteroatoms. The van der Waals surface area contributed by atoms with Crippen molar-refractivity contribution in [1.82, 2.24) is 9.80 Å². The van der Waals surface area contributed by atoms with Gasteiger partial charge >= 0.3 is 5.97 Å². The van der Waals surface area contributed by atoms with Crippen LogP contribution in [0.3, 0.4) is 0 Å². The Labute approximate surface area is 170 Å². The van der Waals surface area contributed by atoms with Crippen molar-refractivity contribution in [3.63, 3.8) is 0 Å². The van der Waals surface area contributed by atoms with Gasteiger partial charge in [-0.15, -0.1) is 0 Å². The van der Waals surface area contributed by atoms with Crippen molar-refractivity contribution in [3.8, 4) is 11.5 Å². The number of carboxylic acids is 1. The zero-order valence-corrected chi connectivity index (χ0v) is 16.6. The number of nitrogens with zero attached hydrogens (tertiary/aromatic N) is 2. The number of carbonyl (C=O) groups excluding carboxylic acids is 1. The molecule has 0 aromatic heterocycles. The van der Waals surface area contributed by atoms with E-state index < -0.39 is 5.97 Å². The Morgan fingerprint density at radius 2 is 1.59 bits per heavy atom. The maximum atomic E-state index is 13.6. The van der Waals surface area contributed by atoms with Gasteiger partial charge in [0.1, 0.15) is 11.5 Å². The van der Waals surface area contributed by atoms with E-state index in [1.165, 1.54) is 0 Å². The molecule has 1 N–H and O–H groups in total. The molecule has 6 nitrogen and oxygen atoms in total. The van der Waals surface area contributed by atoms with Gasteiger partial charge in [-0.3, -0.25) is 14.5 Å². The summed E-state index contributed by atoms with van der Waals surface area (Å²) in [5, 5.41) is 9.12. The molecule has 2 aromatic rings. The van der Waals surface area contributed by atoms with E-state index in [2.05, 4.69) is 0 Å². The zero-order chi connectivity index (χ0) is 20.4. The zero-order valence-electron chi connectivity index (χ0n) is 16.6. The van der Waals surface area contributed by atoms with Gasteiger partial charge in [-0.05, 0) is 31.5 Å². The van der Waals surface area contributed by atoms with Gasteiger partial charge in [-0.1, -0.05) is 43.3 Å². The summed E-state index contributed by atoms with van der Waals surface area (Å²) in [6, 6.07) is 15.7. The summed E-state index contributed by atoms with van der Waals surface area (Å²) in [6.45, 7) is 4.01. The lowest BCUT2D eigenvalue weighted by molar-refractivity contribution is -0.140. The van der Waals surface area contributed by atoms with Crippen LogP contribution in [0, 0.1) is 0 Å². The molecule has 2 heterocycles. The molecule has 2 aliphatic heterocycles. The normalized spacial score (nSPS) is 16.8. The van der Waals surface area contributed by atoms with Crippen LogP contribution >= 0.6 is 0 Å². The van der Waals surface area contributed by atoms with Crippen LogP contribution in [-0.2, 0) is 9.59 Å². The summed E-state index contributed by atoms with van der Waals surface area (Å²) in [5.41, 5.74) is 1.80. The Kier molecular flexibility index (Phi) is 5.53. The van der Waals surface area contributed by atoms with Gasteiger partial charge in [0, 0.05) is 30.3 Å². The summed E-state index contributed by atoms with van der Waals surface area (Å²) >= 11 is 0. The van der Waals surface area contributed by atoms with Crippen LogP contribution < -0.4 is 4.74 Å². The van der Waals surface area contributed by atoms with Gasteiger partial charge < -0.3 is 14.7 Å². The lowest BCUT2D eigenvalue weighted by Gasteiger charge is -2.39. The minimum absolute atomic E-state index is 0.0514. The van der Waals surface area contributed by atoms with E-state index in [1.54, 1.807) is 0 Å². The largest absolute Gasteiger partial charge is 0.480 e. The Bertz CT molecular complexity index is 860. The Morgan fingerprint density at radius 1 is 1.03 bits per heavy atom. The van der Waals surface area contributed by atoms with Crippen molar-refractivity contribution in [2.75, 3.05) is 26.2 Å². The van der Waals surface area contributed by atoms with Crippen LogP contribution in [0.1, 0.15) is 36.8 Å². The van der Waals surface area contributed by atoms with Crippen LogP contribution in [0.15, 0.2) is 48.5 Å². The third-order valence-electron chi connectivity index (χ3n) is 5.96. The highest BCUT2D eigenvalue weighted by molar-refractivity contribution is 5.89. The van der Waals surface area contributed by atoms with Gasteiger partial charge in [-0.2, -0.15) is 0 Å². The van der Waals surface area contributed by atoms with Crippen molar-refractivity contribution in [2.45, 2.75) is 31.7 Å². The van der Waals surface area contributed by atoms with Gasteiger partial charge in [0.05, 0.1) is 12.5 Å². The first-order valence-corrected chi connectivity index (χ1v) is 10.2. The average molecular weight is 394 g/mol. The van der Waals surface area contributed by atoms with E-state index in [0.29, 0.717) is 19.6 Å². The Hall–Kier alpha value is -2.86. The van der Waals surface area contributed by atoms with E-state index in [0.717, 1.165) is 35.5 Å². The number of fused-ring (bicyclic) bond motifs is 2. The third-order valence-corrected chi connectivity index (χ3v) is 5.96. The van der Waals surface area contributed by atoms with Crippen LogP contribution in [0.4, 0.5) is 0 Å². The van der Waals surface area contributed by atoms with E-state index in [1.807, 2.05) is 65.3 Å². The number of carboxylic acid groups (broad SMARTS) is 1. The fourth-order valence-electron chi connectivity index (χ4n) is 4.48. The van der Waals surface area contributed by atoms with E-state index in [-0.39, 0.29) is 24.4 Å². The monoisotopic (exact) mass is 394 g/mol. The molecule has 0 spiro atoms. The fourth-order valence-corrected chi connectivity index (χ4v) is 4.48. The topological polar surface area (TPSA) is 70.1 Å². The molecule has 0 radical (unpaired) electrons. The summed E-state index contributed by atoms with van der Waals surface area (Å²) < 4.78 is 6.01. The van der Waals surface area contributed by atoms with Crippen molar-refractivity contribution >= 4 is 11.9 Å². The molecule has 0 unspecified atom stereocenters. The van der Waals surface area contributed by atoms with Crippen LogP contribution in [0.5, 0.6) is 11.5 Å². The standard InChI is InChI=1S/C23H26N2O4/c1-2-24(15-21(26)27)16-11-13-25(14-12-16)23(28)22-17-7-3-5-9-19(17)29-20-10-6-4-8-18(20)22/h3-10,16,22H,2,11-15H2,1H3,(H,26,27). The summed E-state index contributed by atoms with van der Waals surface area (Å²) in [6.07, 6.45) is 1.58. The molecule has 4 rings (SSSR count). The first-order valence-electron chi connectivity index (χ1n) is 10.2. The van der Waals surface area contributed by atoms with Crippen LogP contribution in [0.2, 0.25) is 0 Å². The summed E-state index contributed by atoms with van der Waals surface area (Å²) in [4.78, 5) is 28.6. The molecule has 29 heavy (non-hydrogen) atoms. The first-order chi connectivity index (χ1) is 14.1. The summed E-state index contributed by atoms with van der Waals surface area (Å²) in [7, 11) is 0. The van der Waals surface area contributed by atoms with Gasteiger partial charge in [0.2, 0.25) is 5.91 Å². The van der Waals surface area contributed by atoms with Crippen molar-refractivity contribution in [2.24, 2.45) is 0 Å². The number of benzene rings is 2. The molecule has 1 saturated heterocycles. The number of rotatable bonds is 5. The van der Waals surface area contributed by atoms with Gasteiger partial charge in [0.25, 0.3) is 0 Å². The number of amides is 1. The SMILES string of the molecule is CCN(CC(=O)O)C1CCN(C(=O)C2c3ccccc3Oc3ccccc32)CC1.